The molecule has 1 N–H and O–H groups in total. The molecule has 0 saturated heterocycles. The van der Waals surface area contributed by atoms with Gasteiger partial charge in [-0.2, -0.15) is 5.26 Å². The minimum atomic E-state index is -0.640. The molecule has 1 amide bonds. The first-order valence-corrected chi connectivity index (χ1v) is 8.08. The fraction of sp³-hybridized carbons (Fsp3) is 0.235. The molecule has 0 unspecified atom stereocenters. The fourth-order valence-electron chi connectivity index (χ4n) is 1.85. The summed E-state index contributed by atoms with van der Waals surface area (Å²) >= 11 is 1.54. The average molecular weight is 344 g/mol. The van der Waals surface area contributed by atoms with E-state index in [0.29, 0.717) is 11.3 Å². The first-order valence-electron chi connectivity index (χ1n) is 7.20. The lowest BCUT2D eigenvalue weighted by Crippen LogP contribution is -2.31. The van der Waals surface area contributed by atoms with Crippen molar-refractivity contribution in [3.05, 3.63) is 52.2 Å². The molecule has 124 valence electrons. The number of benzene rings is 1. The van der Waals surface area contributed by atoms with Crippen molar-refractivity contribution in [1.29, 1.82) is 5.26 Å². The van der Waals surface area contributed by atoms with Crippen LogP contribution in [0.25, 0.3) is 0 Å². The van der Waals surface area contributed by atoms with E-state index in [1.807, 2.05) is 30.5 Å². The Morgan fingerprint density at radius 2 is 2.00 bits per heavy atom. The molecule has 0 aliphatic rings. The van der Waals surface area contributed by atoms with Gasteiger partial charge in [0.25, 0.3) is 5.91 Å². The largest absolute Gasteiger partial charge is 0.482 e. The number of ether oxygens (including phenoxy) is 2. The van der Waals surface area contributed by atoms with E-state index in [4.69, 9.17) is 14.7 Å². The molecule has 0 aliphatic carbocycles. The van der Waals surface area contributed by atoms with Crippen LogP contribution in [-0.2, 0) is 14.3 Å². The van der Waals surface area contributed by atoms with Crippen molar-refractivity contribution in [3.63, 3.8) is 0 Å². The number of nitrogens with zero attached hydrogens (tertiary/aromatic N) is 1. The number of thiophene rings is 1. The second-order valence-electron chi connectivity index (χ2n) is 4.89. The Bertz CT molecular complexity index is 720. The fourth-order valence-corrected chi connectivity index (χ4v) is 2.58. The molecule has 0 saturated carbocycles. The van der Waals surface area contributed by atoms with E-state index in [9.17, 15) is 9.59 Å². The monoisotopic (exact) mass is 344 g/mol. The number of hydrogen-bond donors (Lipinski definition) is 1. The summed E-state index contributed by atoms with van der Waals surface area (Å²) in [5.41, 5.74) is 0.501. The van der Waals surface area contributed by atoms with Crippen LogP contribution in [0, 0.1) is 11.3 Å². The highest BCUT2D eigenvalue weighted by Gasteiger charge is 2.12. The number of esters is 1. The number of rotatable bonds is 7. The number of nitriles is 1. The van der Waals surface area contributed by atoms with Gasteiger partial charge in [0.15, 0.2) is 13.2 Å². The summed E-state index contributed by atoms with van der Waals surface area (Å²) in [7, 11) is 0. The lowest BCUT2D eigenvalue weighted by atomic mass is 10.2. The van der Waals surface area contributed by atoms with Crippen molar-refractivity contribution in [2.75, 3.05) is 13.2 Å². The number of amides is 1. The van der Waals surface area contributed by atoms with Gasteiger partial charge in [0.2, 0.25) is 0 Å². The Morgan fingerprint density at radius 3 is 2.62 bits per heavy atom. The Kier molecular flexibility index (Phi) is 6.34. The molecule has 1 atom stereocenters. The zero-order valence-corrected chi connectivity index (χ0v) is 13.8. The molecule has 2 aromatic rings. The minimum absolute atomic E-state index is 0.133. The van der Waals surface area contributed by atoms with Crippen molar-refractivity contribution in [1.82, 2.24) is 5.32 Å². The van der Waals surface area contributed by atoms with E-state index in [1.165, 1.54) is 0 Å². The highest BCUT2D eigenvalue weighted by Crippen LogP contribution is 2.17. The van der Waals surface area contributed by atoms with Crippen molar-refractivity contribution in [2.24, 2.45) is 0 Å². The van der Waals surface area contributed by atoms with Gasteiger partial charge in [0.1, 0.15) is 5.75 Å². The number of carbonyl (C=O) groups is 2. The van der Waals surface area contributed by atoms with Gasteiger partial charge in [-0.3, -0.25) is 4.79 Å². The molecule has 1 heterocycles. The van der Waals surface area contributed by atoms with Crippen LogP contribution in [0.3, 0.4) is 0 Å². The summed E-state index contributed by atoms with van der Waals surface area (Å²) in [4.78, 5) is 24.4. The summed E-state index contributed by atoms with van der Waals surface area (Å²) in [6, 6.07) is 12.0. The number of carbonyl (C=O) groups excluding carboxylic acids is 2. The summed E-state index contributed by atoms with van der Waals surface area (Å²) in [5, 5.41) is 13.4. The Balaban J connectivity index is 1.68. The standard InChI is InChI=1S/C17H16N2O4S/c1-12(15-3-2-8-24-15)19-16(20)10-23-17(21)11-22-14-6-4-13(9-18)5-7-14/h2-8,12H,10-11H2,1H3,(H,19,20)/t12-/m0/s1. The van der Waals surface area contributed by atoms with Crippen LogP contribution in [0.15, 0.2) is 41.8 Å². The lowest BCUT2D eigenvalue weighted by Gasteiger charge is -2.12. The average Bonchev–Trinajstić information content (AvgIpc) is 3.13. The molecule has 0 spiro atoms. The molecular weight excluding hydrogens is 328 g/mol. The van der Waals surface area contributed by atoms with Crippen molar-refractivity contribution in [3.8, 4) is 11.8 Å². The van der Waals surface area contributed by atoms with Gasteiger partial charge < -0.3 is 14.8 Å². The van der Waals surface area contributed by atoms with Crippen LogP contribution >= 0.6 is 11.3 Å². The molecule has 0 bridgehead atoms. The molecule has 0 radical (unpaired) electrons. The smallest absolute Gasteiger partial charge is 0.344 e. The summed E-state index contributed by atoms with van der Waals surface area (Å²) in [6.07, 6.45) is 0. The first-order chi connectivity index (χ1) is 11.6. The molecule has 1 aromatic heterocycles. The van der Waals surface area contributed by atoms with Crippen LogP contribution in [0.2, 0.25) is 0 Å². The van der Waals surface area contributed by atoms with Gasteiger partial charge >= 0.3 is 5.97 Å². The maximum Gasteiger partial charge on any atom is 0.344 e. The summed E-state index contributed by atoms with van der Waals surface area (Å²) in [6.45, 7) is 1.20. The Hall–Kier alpha value is -2.85. The van der Waals surface area contributed by atoms with Crippen LogP contribution in [0.4, 0.5) is 0 Å². The van der Waals surface area contributed by atoms with Crippen molar-refractivity contribution < 1.29 is 19.1 Å². The molecule has 0 aliphatic heterocycles. The van der Waals surface area contributed by atoms with Gasteiger partial charge in [-0.1, -0.05) is 6.07 Å². The van der Waals surface area contributed by atoms with E-state index < -0.39 is 5.97 Å². The maximum absolute atomic E-state index is 11.7. The number of hydrogen-bond acceptors (Lipinski definition) is 6. The maximum atomic E-state index is 11.7. The van der Waals surface area contributed by atoms with E-state index in [2.05, 4.69) is 5.32 Å². The van der Waals surface area contributed by atoms with Crippen molar-refractivity contribution in [2.45, 2.75) is 13.0 Å². The zero-order valence-electron chi connectivity index (χ0n) is 13.0. The van der Waals surface area contributed by atoms with Crippen LogP contribution in [-0.4, -0.2) is 25.1 Å². The second-order valence-corrected chi connectivity index (χ2v) is 5.87. The third kappa shape index (κ3) is 5.41. The molecule has 1 aromatic carbocycles. The SMILES string of the molecule is C[C@H](NC(=O)COC(=O)COc1ccc(C#N)cc1)c1cccs1. The lowest BCUT2D eigenvalue weighted by molar-refractivity contribution is -0.150. The van der Waals surface area contributed by atoms with Gasteiger partial charge in [-0.05, 0) is 42.6 Å². The molecule has 0 fully saturated rings. The van der Waals surface area contributed by atoms with E-state index >= 15 is 0 Å². The third-order valence-electron chi connectivity index (χ3n) is 3.05. The molecule has 6 nitrogen and oxygen atoms in total. The predicted molar refractivity (Wildman–Crippen MR) is 88.5 cm³/mol. The zero-order chi connectivity index (χ0) is 17.4. The van der Waals surface area contributed by atoms with E-state index in [1.54, 1.807) is 35.6 Å². The van der Waals surface area contributed by atoms with E-state index in [-0.39, 0.29) is 25.2 Å². The topological polar surface area (TPSA) is 88.4 Å². The quantitative estimate of drug-likeness (QED) is 0.779. The predicted octanol–water partition coefficient (Wildman–Crippen LogP) is 2.42. The Morgan fingerprint density at radius 1 is 1.25 bits per heavy atom. The summed E-state index contributed by atoms with van der Waals surface area (Å²) in [5.74, 6) is -0.567. The molecule has 24 heavy (non-hydrogen) atoms. The third-order valence-corrected chi connectivity index (χ3v) is 4.11. The first kappa shape index (κ1) is 17.5. The molecular formula is C17H16N2O4S. The molecule has 2 rings (SSSR count). The second kappa shape index (κ2) is 8.70. The van der Waals surface area contributed by atoms with Crippen LogP contribution < -0.4 is 10.1 Å². The van der Waals surface area contributed by atoms with Gasteiger partial charge in [0.05, 0.1) is 17.7 Å². The molecule has 7 heteroatoms. The summed E-state index contributed by atoms with van der Waals surface area (Å²) < 4.78 is 10.1. The number of nitrogens with one attached hydrogen (secondary N) is 1. The van der Waals surface area contributed by atoms with Crippen LogP contribution in [0.5, 0.6) is 5.75 Å². The van der Waals surface area contributed by atoms with Crippen LogP contribution in [0.1, 0.15) is 23.4 Å². The minimum Gasteiger partial charge on any atom is -0.482 e. The van der Waals surface area contributed by atoms with Gasteiger partial charge in [-0.25, -0.2) is 4.79 Å². The Labute approximate surface area is 143 Å². The van der Waals surface area contributed by atoms with Gasteiger partial charge in [0, 0.05) is 4.88 Å². The normalized spacial score (nSPS) is 11.2. The highest BCUT2D eigenvalue weighted by molar-refractivity contribution is 7.10. The highest BCUT2D eigenvalue weighted by atomic mass is 32.1. The van der Waals surface area contributed by atoms with Gasteiger partial charge in [-0.15, -0.1) is 11.3 Å². The van der Waals surface area contributed by atoms with Crippen molar-refractivity contribution >= 4 is 23.2 Å². The van der Waals surface area contributed by atoms with E-state index in [0.717, 1.165) is 4.88 Å².